The van der Waals surface area contributed by atoms with E-state index in [0.717, 1.165) is 5.56 Å². The third-order valence-corrected chi connectivity index (χ3v) is 5.21. The number of carbonyl (C=O) groups excluding carboxylic acids is 1. The van der Waals surface area contributed by atoms with E-state index in [9.17, 15) is 13.2 Å². The van der Waals surface area contributed by atoms with E-state index in [4.69, 9.17) is 15.8 Å². The molecule has 0 atom stereocenters. The van der Waals surface area contributed by atoms with E-state index in [1.165, 1.54) is 6.92 Å². The van der Waals surface area contributed by atoms with Crippen molar-refractivity contribution in [1.82, 2.24) is 4.90 Å². The summed E-state index contributed by atoms with van der Waals surface area (Å²) in [6.07, 6.45) is 0. The fourth-order valence-corrected chi connectivity index (χ4v) is 3.22. The Kier molecular flexibility index (Phi) is 7.71. The number of urea groups is 1. The van der Waals surface area contributed by atoms with Gasteiger partial charge in [-0.3, -0.25) is 0 Å². The Hall–Kier alpha value is -2.25. The fraction of sp³-hybridized carbons (Fsp3) is 0.350. The zero-order valence-electron chi connectivity index (χ0n) is 16.2. The third kappa shape index (κ3) is 7.05. The molecule has 2 rings (SSSR count). The molecule has 0 bridgehead atoms. The number of hydrogen-bond acceptors (Lipinski definition) is 4. The molecule has 0 aliphatic carbocycles. The second-order valence-electron chi connectivity index (χ2n) is 6.79. The van der Waals surface area contributed by atoms with Gasteiger partial charge < -0.3 is 14.4 Å². The van der Waals surface area contributed by atoms with Gasteiger partial charge in [-0.2, -0.15) is 8.42 Å². The van der Waals surface area contributed by atoms with Crippen molar-refractivity contribution >= 4 is 33.4 Å². The largest absolute Gasteiger partial charge is 0.382 e. The Morgan fingerprint density at radius 1 is 1.18 bits per heavy atom. The summed E-state index contributed by atoms with van der Waals surface area (Å²) in [5.41, 5.74) is 1.49. The molecule has 0 saturated heterocycles. The number of rotatable bonds is 8. The Morgan fingerprint density at radius 2 is 1.86 bits per heavy atom. The molecule has 2 aromatic rings. The van der Waals surface area contributed by atoms with Crippen LogP contribution in [0.25, 0.3) is 0 Å². The summed E-state index contributed by atoms with van der Waals surface area (Å²) in [4.78, 5) is 14.4. The molecule has 0 heterocycles. The van der Waals surface area contributed by atoms with E-state index in [1.54, 1.807) is 53.4 Å². The summed E-state index contributed by atoms with van der Waals surface area (Å²) in [7, 11) is -3.56. The van der Waals surface area contributed by atoms with Gasteiger partial charge in [0.2, 0.25) is 0 Å². The molecule has 152 valence electrons. The van der Waals surface area contributed by atoms with Crippen molar-refractivity contribution in [1.29, 1.82) is 0 Å². The van der Waals surface area contributed by atoms with Gasteiger partial charge in [-0.25, -0.2) is 4.79 Å². The maximum Gasteiger partial charge on any atom is 0.322 e. The SMILES string of the molecule is CCS(=O)(=O)Oc1ccc(CN(CC(C)C)C(=O)Nc2cccc(Cl)c2)cc1. The number of hydrogen-bond donors (Lipinski definition) is 1. The van der Waals surface area contributed by atoms with Gasteiger partial charge in [0, 0.05) is 23.8 Å². The van der Waals surface area contributed by atoms with E-state index in [2.05, 4.69) is 5.32 Å². The standard InChI is InChI=1S/C20H25ClN2O4S/c1-4-28(25,26)27-19-10-8-16(9-11-19)14-23(13-15(2)3)20(24)22-18-7-5-6-17(21)12-18/h5-12,15H,4,13-14H2,1-3H3,(H,22,24). The quantitative estimate of drug-likeness (QED) is 0.620. The zero-order chi connectivity index (χ0) is 20.7. The highest BCUT2D eigenvalue weighted by Crippen LogP contribution is 2.19. The summed E-state index contributed by atoms with van der Waals surface area (Å²) in [6, 6.07) is 13.4. The van der Waals surface area contributed by atoms with Crippen molar-refractivity contribution in [3.8, 4) is 5.75 Å². The molecule has 8 heteroatoms. The molecular weight excluding hydrogens is 400 g/mol. The normalized spacial score (nSPS) is 11.3. The van der Waals surface area contributed by atoms with Gasteiger partial charge in [-0.05, 0) is 48.7 Å². The molecule has 1 N–H and O–H groups in total. The van der Waals surface area contributed by atoms with E-state index < -0.39 is 10.1 Å². The summed E-state index contributed by atoms with van der Waals surface area (Å²) < 4.78 is 28.1. The second-order valence-corrected chi connectivity index (χ2v) is 9.08. The van der Waals surface area contributed by atoms with E-state index in [-0.39, 0.29) is 23.5 Å². The minimum atomic E-state index is -3.56. The van der Waals surface area contributed by atoms with E-state index >= 15 is 0 Å². The highest BCUT2D eigenvalue weighted by molar-refractivity contribution is 7.87. The molecule has 0 saturated carbocycles. The molecule has 2 aromatic carbocycles. The van der Waals surface area contributed by atoms with Crippen molar-refractivity contribution in [2.24, 2.45) is 5.92 Å². The lowest BCUT2D eigenvalue weighted by Crippen LogP contribution is -2.37. The summed E-state index contributed by atoms with van der Waals surface area (Å²) in [6.45, 7) is 6.53. The first-order valence-electron chi connectivity index (χ1n) is 9.01. The average molecular weight is 425 g/mol. The molecule has 0 spiro atoms. The lowest BCUT2D eigenvalue weighted by molar-refractivity contribution is 0.201. The van der Waals surface area contributed by atoms with Crippen LogP contribution >= 0.6 is 11.6 Å². The van der Waals surface area contributed by atoms with Crippen molar-refractivity contribution in [3.63, 3.8) is 0 Å². The third-order valence-electron chi connectivity index (χ3n) is 3.82. The van der Waals surface area contributed by atoms with Gasteiger partial charge >= 0.3 is 16.1 Å². The summed E-state index contributed by atoms with van der Waals surface area (Å²) in [5, 5.41) is 3.40. The molecule has 0 aliphatic rings. The molecule has 0 unspecified atom stereocenters. The topological polar surface area (TPSA) is 75.7 Å². The van der Waals surface area contributed by atoms with Crippen LogP contribution in [0.3, 0.4) is 0 Å². The zero-order valence-corrected chi connectivity index (χ0v) is 17.8. The maximum absolute atomic E-state index is 12.7. The number of amides is 2. The van der Waals surface area contributed by atoms with Crippen molar-refractivity contribution in [2.75, 3.05) is 17.6 Å². The molecule has 0 aliphatic heterocycles. The van der Waals surface area contributed by atoms with Crippen LogP contribution in [0.1, 0.15) is 26.3 Å². The van der Waals surface area contributed by atoms with Gasteiger partial charge in [0.1, 0.15) is 5.75 Å². The van der Waals surface area contributed by atoms with Gasteiger partial charge in [0.05, 0.1) is 5.75 Å². The van der Waals surface area contributed by atoms with Crippen LogP contribution in [0.4, 0.5) is 10.5 Å². The Morgan fingerprint density at radius 3 is 2.43 bits per heavy atom. The van der Waals surface area contributed by atoms with Crippen LogP contribution in [-0.4, -0.2) is 31.6 Å². The van der Waals surface area contributed by atoms with Crippen LogP contribution in [0, 0.1) is 5.92 Å². The first-order valence-corrected chi connectivity index (χ1v) is 11.0. The van der Waals surface area contributed by atoms with Crippen LogP contribution < -0.4 is 9.50 Å². The highest BCUT2D eigenvalue weighted by atomic mass is 35.5. The highest BCUT2D eigenvalue weighted by Gasteiger charge is 2.16. The minimum absolute atomic E-state index is 0.0966. The predicted molar refractivity (Wildman–Crippen MR) is 112 cm³/mol. The number of nitrogens with zero attached hydrogens (tertiary/aromatic N) is 1. The molecule has 0 radical (unpaired) electrons. The van der Waals surface area contributed by atoms with Crippen LogP contribution in [0.5, 0.6) is 5.75 Å². The van der Waals surface area contributed by atoms with Gasteiger partial charge in [0.25, 0.3) is 0 Å². The van der Waals surface area contributed by atoms with Crippen molar-refractivity contribution in [2.45, 2.75) is 27.3 Å². The smallest absolute Gasteiger partial charge is 0.322 e. The lowest BCUT2D eigenvalue weighted by atomic mass is 10.1. The predicted octanol–water partition coefficient (Wildman–Crippen LogP) is 4.76. The Balaban J connectivity index is 2.09. The molecule has 0 fully saturated rings. The monoisotopic (exact) mass is 424 g/mol. The fourth-order valence-electron chi connectivity index (χ4n) is 2.51. The van der Waals surface area contributed by atoms with Crippen LogP contribution in [-0.2, 0) is 16.7 Å². The van der Waals surface area contributed by atoms with E-state index in [1.807, 2.05) is 13.8 Å². The maximum atomic E-state index is 12.7. The second kappa shape index (κ2) is 9.80. The number of carbonyl (C=O) groups is 1. The van der Waals surface area contributed by atoms with Gasteiger partial charge in [0.15, 0.2) is 0 Å². The molecule has 6 nitrogen and oxygen atoms in total. The summed E-state index contributed by atoms with van der Waals surface area (Å²) >= 11 is 5.97. The first-order chi connectivity index (χ1) is 13.2. The summed E-state index contributed by atoms with van der Waals surface area (Å²) in [5.74, 6) is 0.437. The first kappa shape index (κ1) is 22.0. The number of nitrogens with one attached hydrogen (secondary N) is 1. The Labute approximate surface area is 171 Å². The molecule has 28 heavy (non-hydrogen) atoms. The van der Waals surface area contributed by atoms with Gasteiger partial charge in [-0.1, -0.05) is 43.6 Å². The number of benzene rings is 2. The number of anilines is 1. The average Bonchev–Trinajstić information content (AvgIpc) is 2.62. The van der Waals surface area contributed by atoms with E-state index in [0.29, 0.717) is 23.8 Å². The van der Waals surface area contributed by atoms with Gasteiger partial charge in [-0.15, -0.1) is 0 Å². The van der Waals surface area contributed by atoms with Crippen molar-refractivity contribution < 1.29 is 17.4 Å². The molecule has 2 amide bonds. The molecular formula is C20H25ClN2O4S. The van der Waals surface area contributed by atoms with Crippen LogP contribution in [0.15, 0.2) is 48.5 Å². The lowest BCUT2D eigenvalue weighted by Gasteiger charge is -2.25. The molecule has 0 aromatic heterocycles. The Bertz CT molecular complexity index is 899. The van der Waals surface area contributed by atoms with Crippen LogP contribution in [0.2, 0.25) is 5.02 Å². The van der Waals surface area contributed by atoms with Crippen molar-refractivity contribution in [3.05, 3.63) is 59.1 Å². The number of halogens is 1. The minimum Gasteiger partial charge on any atom is -0.382 e.